The van der Waals surface area contributed by atoms with E-state index in [2.05, 4.69) is 10.2 Å². The Morgan fingerprint density at radius 3 is 2.87 bits per heavy atom. The van der Waals surface area contributed by atoms with Crippen LogP contribution in [-0.4, -0.2) is 49.7 Å². The Morgan fingerprint density at radius 1 is 1.60 bits per heavy atom. The Hall–Kier alpha value is -0.920. The lowest BCUT2D eigenvalue weighted by atomic mass is 10.7. The summed E-state index contributed by atoms with van der Waals surface area (Å²) in [5, 5.41) is 6.08. The Kier molecular flexibility index (Phi) is 4.25. The molecule has 1 heterocycles. The molecular formula is C8H15N3O3S. The van der Waals surface area contributed by atoms with Gasteiger partial charge in [0.15, 0.2) is 0 Å². The van der Waals surface area contributed by atoms with Gasteiger partial charge in [-0.3, -0.25) is 5.10 Å². The van der Waals surface area contributed by atoms with Crippen molar-refractivity contribution in [2.24, 2.45) is 0 Å². The standard InChI is InChI=1S/C8H15N3O3S/c1-3-14-5-4-11(2)15(12,13)8-6-9-10-7-8/h6-7H,3-5H2,1-2H3,(H,9,10). The molecule has 0 spiro atoms. The Balaban J connectivity index is 2.62. The maximum absolute atomic E-state index is 11.8. The highest BCUT2D eigenvalue weighted by Gasteiger charge is 2.20. The van der Waals surface area contributed by atoms with E-state index in [4.69, 9.17) is 4.74 Å². The summed E-state index contributed by atoms with van der Waals surface area (Å²) in [4.78, 5) is 0.168. The molecule has 0 saturated carbocycles. The van der Waals surface area contributed by atoms with Crippen molar-refractivity contribution in [2.45, 2.75) is 11.8 Å². The van der Waals surface area contributed by atoms with E-state index in [0.717, 1.165) is 0 Å². The lowest BCUT2D eigenvalue weighted by Crippen LogP contribution is -2.30. The van der Waals surface area contributed by atoms with E-state index in [1.54, 1.807) is 0 Å². The number of aromatic nitrogens is 2. The van der Waals surface area contributed by atoms with Crippen LogP contribution in [0.25, 0.3) is 0 Å². The molecule has 0 radical (unpaired) electrons. The number of ether oxygens (including phenoxy) is 1. The number of hydrogen-bond donors (Lipinski definition) is 1. The fraction of sp³-hybridized carbons (Fsp3) is 0.625. The predicted molar refractivity (Wildman–Crippen MR) is 54.9 cm³/mol. The van der Waals surface area contributed by atoms with Crippen LogP contribution < -0.4 is 0 Å². The van der Waals surface area contributed by atoms with Gasteiger partial charge in [0.2, 0.25) is 10.0 Å². The molecule has 0 aliphatic carbocycles. The molecule has 0 unspecified atom stereocenters. The minimum atomic E-state index is -3.42. The minimum absolute atomic E-state index is 0.168. The molecule has 0 atom stereocenters. The van der Waals surface area contributed by atoms with E-state index >= 15 is 0 Å². The van der Waals surface area contributed by atoms with Crippen LogP contribution in [0, 0.1) is 0 Å². The highest BCUT2D eigenvalue weighted by Crippen LogP contribution is 2.10. The van der Waals surface area contributed by atoms with Crippen molar-refractivity contribution in [1.82, 2.24) is 14.5 Å². The number of rotatable bonds is 6. The summed E-state index contributed by atoms with van der Waals surface area (Å²) in [6.07, 6.45) is 2.64. The first-order valence-corrected chi connectivity index (χ1v) is 6.06. The molecule has 1 N–H and O–H groups in total. The van der Waals surface area contributed by atoms with Crippen molar-refractivity contribution in [1.29, 1.82) is 0 Å². The van der Waals surface area contributed by atoms with Gasteiger partial charge < -0.3 is 4.74 Å². The second-order valence-corrected chi connectivity index (χ2v) is 5.00. The largest absolute Gasteiger partial charge is 0.380 e. The maximum atomic E-state index is 11.8. The van der Waals surface area contributed by atoms with Crippen molar-refractivity contribution in [3.63, 3.8) is 0 Å². The topological polar surface area (TPSA) is 75.3 Å². The third kappa shape index (κ3) is 3.01. The molecule has 0 saturated heterocycles. The van der Waals surface area contributed by atoms with Gasteiger partial charge in [-0.05, 0) is 6.92 Å². The lowest BCUT2D eigenvalue weighted by molar-refractivity contribution is 0.138. The third-order valence-corrected chi connectivity index (χ3v) is 3.76. The first-order valence-electron chi connectivity index (χ1n) is 4.62. The normalized spacial score (nSPS) is 12.2. The molecule has 1 aromatic rings. The highest BCUT2D eigenvalue weighted by atomic mass is 32.2. The summed E-state index contributed by atoms with van der Waals surface area (Å²) in [5.41, 5.74) is 0. The molecule has 1 aromatic heterocycles. The van der Waals surface area contributed by atoms with Crippen LogP contribution in [0.4, 0.5) is 0 Å². The van der Waals surface area contributed by atoms with E-state index in [-0.39, 0.29) is 4.90 Å². The Labute approximate surface area is 89.3 Å². The van der Waals surface area contributed by atoms with Crippen LogP contribution in [0.5, 0.6) is 0 Å². The molecule has 1 rings (SSSR count). The summed E-state index contributed by atoms with van der Waals surface area (Å²) in [7, 11) is -1.90. The van der Waals surface area contributed by atoms with Gasteiger partial charge in [0.1, 0.15) is 4.90 Å². The van der Waals surface area contributed by atoms with Crippen LogP contribution in [-0.2, 0) is 14.8 Å². The molecule has 0 aliphatic heterocycles. The van der Waals surface area contributed by atoms with E-state index in [1.165, 1.54) is 23.7 Å². The highest BCUT2D eigenvalue weighted by molar-refractivity contribution is 7.89. The first-order chi connectivity index (χ1) is 7.09. The van der Waals surface area contributed by atoms with Gasteiger partial charge in [-0.25, -0.2) is 8.42 Å². The van der Waals surface area contributed by atoms with Crippen LogP contribution in [0.15, 0.2) is 17.3 Å². The van der Waals surface area contributed by atoms with Gasteiger partial charge in [-0.1, -0.05) is 0 Å². The minimum Gasteiger partial charge on any atom is -0.380 e. The summed E-state index contributed by atoms with van der Waals surface area (Å²) in [6.45, 7) is 3.18. The van der Waals surface area contributed by atoms with Crippen molar-refractivity contribution in [2.75, 3.05) is 26.8 Å². The van der Waals surface area contributed by atoms with Crippen LogP contribution in [0.3, 0.4) is 0 Å². The van der Waals surface area contributed by atoms with Crippen molar-refractivity contribution < 1.29 is 13.2 Å². The second kappa shape index (κ2) is 5.24. The molecule has 0 aliphatic rings. The average Bonchev–Trinajstić information content (AvgIpc) is 2.71. The Morgan fingerprint density at radius 2 is 2.33 bits per heavy atom. The molecule has 0 amide bonds. The molecule has 15 heavy (non-hydrogen) atoms. The zero-order valence-corrected chi connectivity index (χ0v) is 9.62. The van der Waals surface area contributed by atoms with Crippen LogP contribution in [0.2, 0.25) is 0 Å². The number of nitrogens with one attached hydrogen (secondary N) is 1. The first kappa shape index (κ1) is 12.2. The van der Waals surface area contributed by atoms with Crippen molar-refractivity contribution >= 4 is 10.0 Å². The summed E-state index contributed by atoms with van der Waals surface area (Å²) < 4.78 is 29.9. The molecule has 0 aromatic carbocycles. The van der Waals surface area contributed by atoms with Gasteiger partial charge in [0.25, 0.3) is 0 Å². The maximum Gasteiger partial charge on any atom is 0.246 e. The lowest BCUT2D eigenvalue weighted by Gasteiger charge is -2.15. The number of hydrogen-bond acceptors (Lipinski definition) is 4. The van der Waals surface area contributed by atoms with E-state index in [9.17, 15) is 8.42 Å². The van der Waals surface area contributed by atoms with Crippen molar-refractivity contribution in [3.05, 3.63) is 12.4 Å². The SMILES string of the molecule is CCOCCN(C)S(=O)(=O)c1cn[nH]c1. The van der Waals surface area contributed by atoms with Gasteiger partial charge in [0.05, 0.1) is 12.8 Å². The second-order valence-electron chi connectivity index (χ2n) is 2.96. The third-order valence-electron chi connectivity index (χ3n) is 1.94. The van der Waals surface area contributed by atoms with Gasteiger partial charge >= 0.3 is 0 Å². The Bertz CT molecular complexity index is 374. The number of sulfonamides is 1. The van der Waals surface area contributed by atoms with Gasteiger partial charge in [-0.2, -0.15) is 9.40 Å². The quantitative estimate of drug-likeness (QED) is 0.705. The fourth-order valence-corrected chi connectivity index (χ4v) is 2.08. The molecular weight excluding hydrogens is 218 g/mol. The molecule has 86 valence electrons. The van der Waals surface area contributed by atoms with Gasteiger partial charge in [-0.15, -0.1) is 0 Å². The molecule has 7 heteroatoms. The van der Waals surface area contributed by atoms with Crippen LogP contribution >= 0.6 is 0 Å². The number of H-pyrrole nitrogens is 1. The number of aromatic amines is 1. The van der Waals surface area contributed by atoms with E-state index in [1.807, 2.05) is 6.92 Å². The molecule has 0 fully saturated rings. The van der Waals surface area contributed by atoms with E-state index in [0.29, 0.717) is 19.8 Å². The zero-order chi connectivity index (χ0) is 11.3. The summed E-state index contributed by atoms with van der Waals surface area (Å²) in [6, 6.07) is 0. The molecule has 6 nitrogen and oxygen atoms in total. The fourth-order valence-electron chi connectivity index (χ4n) is 1.02. The van der Waals surface area contributed by atoms with Crippen molar-refractivity contribution in [3.8, 4) is 0 Å². The van der Waals surface area contributed by atoms with Crippen LogP contribution in [0.1, 0.15) is 6.92 Å². The van der Waals surface area contributed by atoms with E-state index < -0.39 is 10.0 Å². The number of nitrogens with zero attached hydrogens (tertiary/aromatic N) is 2. The predicted octanol–water partition coefficient (Wildman–Crippen LogP) is 0.0667. The zero-order valence-electron chi connectivity index (χ0n) is 8.80. The average molecular weight is 233 g/mol. The summed E-state index contributed by atoms with van der Waals surface area (Å²) >= 11 is 0. The monoisotopic (exact) mass is 233 g/mol. The summed E-state index contributed by atoms with van der Waals surface area (Å²) in [5.74, 6) is 0. The number of likely N-dealkylation sites (N-methyl/N-ethyl adjacent to an activating group) is 1. The smallest absolute Gasteiger partial charge is 0.246 e. The molecule has 0 bridgehead atoms. The van der Waals surface area contributed by atoms with Gasteiger partial charge in [0, 0.05) is 26.4 Å².